The minimum Gasteiger partial charge on any atom is -0.494 e. The third kappa shape index (κ3) is 5.49. The summed E-state index contributed by atoms with van der Waals surface area (Å²) < 4.78 is 26.5. The number of methoxy groups -OCH3 is 1. The quantitative estimate of drug-likeness (QED) is 0.267. The smallest absolute Gasteiger partial charge is 0.254 e. The number of alkyl halides is 1. The number of imidazole rings is 1. The number of carbonyl (C=O) groups is 1. The molecular formula is C34H41FN8O3. The van der Waals surface area contributed by atoms with Crippen molar-refractivity contribution in [3.05, 3.63) is 59.9 Å². The van der Waals surface area contributed by atoms with Gasteiger partial charge in [-0.3, -0.25) is 9.48 Å². The number of ether oxygens (including phenoxy) is 1. The highest BCUT2D eigenvalue weighted by atomic mass is 19.1. The summed E-state index contributed by atoms with van der Waals surface area (Å²) in [6.07, 6.45) is 3.57. The molecule has 2 atom stereocenters. The highest BCUT2D eigenvalue weighted by molar-refractivity contribution is 6.01. The number of likely N-dealkylation sites (tertiary alicyclic amines) is 1. The molecule has 46 heavy (non-hydrogen) atoms. The Hall–Kier alpha value is -4.42. The van der Waals surface area contributed by atoms with Crippen LogP contribution in [0.2, 0.25) is 0 Å². The van der Waals surface area contributed by atoms with Gasteiger partial charge in [0.1, 0.15) is 17.4 Å². The van der Waals surface area contributed by atoms with Crippen molar-refractivity contribution >= 4 is 33.5 Å². The van der Waals surface area contributed by atoms with Crippen molar-refractivity contribution in [1.82, 2.24) is 28.8 Å². The molecule has 1 saturated heterocycles. The molecule has 11 nitrogen and oxygen atoms in total. The number of nitrogens with two attached hydrogens (primary N) is 1. The summed E-state index contributed by atoms with van der Waals surface area (Å²) in [7, 11) is 3.47. The van der Waals surface area contributed by atoms with Crippen LogP contribution in [0.4, 0.5) is 10.1 Å². The second-order valence-electron chi connectivity index (χ2n) is 13.3. The van der Waals surface area contributed by atoms with Crippen LogP contribution in [0.3, 0.4) is 0 Å². The van der Waals surface area contributed by atoms with E-state index in [4.69, 9.17) is 15.5 Å². The van der Waals surface area contributed by atoms with Gasteiger partial charge in [-0.1, -0.05) is 12.1 Å². The Bertz CT molecular complexity index is 1930. The van der Waals surface area contributed by atoms with E-state index in [1.807, 2.05) is 33.3 Å². The van der Waals surface area contributed by atoms with E-state index in [1.54, 1.807) is 23.9 Å². The molecule has 1 fully saturated rings. The predicted molar refractivity (Wildman–Crippen MR) is 176 cm³/mol. The number of carbonyl (C=O) groups excluding carboxylic acids is 1. The molecule has 5 aromatic rings. The molecule has 0 bridgehead atoms. The lowest BCUT2D eigenvalue weighted by Crippen LogP contribution is -2.50. The number of aryl methyl sites for hydroxylation is 1. The van der Waals surface area contributed by atoms with E-state index in [2.05, 4.69) is 43.4 Å². The van der Waals surface area contributed by atoms with Gasteiger partial charge in [0.25, 0.3) is 5.91 Å². The Morgan fingerprint density at radius 1 is 1.17 bits per heavy atom. The van der Waals surface area contributed by atoms with Crippen molar-refractivity contribution < 1.29 is 19.0 Å². The summed E-state index contributed by atoms with van der Waals surface area (Å²) in [6.45, 7) is 6.79. The van der Waals surface area contributed by atoms with Crippen molar-refractivity contribution in [1.29, 1.82) is 0 Å². The molecule has 0 aliphatic carbocycles. The van der Waals surface area contributed by atoms with Crippen molar-refractivity contribution in [2.24, 2.45) is 12.8 Å². The number of benzene rings is 2. The third-order valence-corrected chi connectivity index (χ3v) is 9.15. The number of aliphatic hydroxyl groups is 1. The standard InChI is InChI=1S/C34H41FN8O3/c1-34(2,45)8-9-40-10-11-42-28(13-22-6-5-7-27(40)30(22)42)32-38-26-12-23(33(44)41-19-24(35)15-25(36)20-41)14-29(46-4)31(26)43(32)18-21-16-37-39(3)17-21/h5-7,12-14,16-17,24-25,45H,8-11,15,18-20,36H2,1-4H3/t24-,25-/m1/s1. The average Bonchev–Trinajstić information content (AvgIpc) is 3.71. The molecule has 0 unspecified atom stereocenters. The van der Waals surface area contributed by atoms with Gasteiger partial charge in [-0.2, -0.15) is 5.10 Å². The van der Waals surface area contributed by atoms with Gasteiger partial charge < -0.3 is 34.5 Å². The van der Waals surface area contributed by atoms with E-state index in [1.165, 1.54) is 4.90 Å². The van der Waals surface area contributed by atoms with Crippen LogP contribution in [0.5, 0.6) is 5.75 Å². The highest BCUT2D eigenvalue weighted by Gasteiger charge is 2.31. The van der Waals surface area contributed by atoms with Crippen LogP contribution in [0.1, 0.15) is 42.6 Å². The van der Waals surface area contributed by atoms with E-state index in [0.29, 0.717) is 36.3 Å². The number of nitrogens with zero attached hydrogens (tertiary/aromatic N) is 7. The fourth-order valence-corrected chi connectivity index (χ4v) is 6.98. The number of hydrogen-bond acceptors (Lipinski definition) is 7. The molecule has 242 valence electrons. The maximum absolute atomic E-state index is 14.4. The number of piperidine rings is 1. The molecule has 3 aromatic heterocycles. The van der Waals surface area contributed by atoms with Crippen LogP contribution < -0.4 is 15.4 Å². The first-order chi connectivity index (χ1) is 22.0. The number of aromatic nitrogens is 5. The minimum absolute atomic E-state index is 0.0167. The second-order valence-corrected chi connectivity index (χ2v) is 13.3. The van der Waals surface area contributed by atoms with Crippen LogP contribution >= 0.6 is 0 Å². The van der Waals surface area contributed by atoms with E-state index in [0.717, 1.165) is 58.8 Å². The molecule has 7 rings (SSSR count). The first kappa shape index (κ1) is 30.2. The molecule has 2 aliphatic heterocycles. The Kier molecular flexibility index (Phi) is 7.51. The van der Waals surface area contributed by atoms with Gasteiger partial charge in [0.05, 0.1) is 54.4 Å². The summed E-state index contributed by atoms with van der Waals surface area (Å²) in [5, 5.41) is 15.9. The number of amides is 1. The summed E-state index contributed by atoms with van der Waals surface area (Å²) in [4.78, 5) is 22.7. The zero-order valence-electron chi connectivity index (χ0n) is 26.8. The molecule has 1 amide bonds. The molecule has 5 heterocycles. The van der Waals surface area contributed by atoms with Crippen LogP contribution in [-0.4, -0.2) is 90.9 Å². The number of halogens is 1. The SMILES string of the molecule is COc1cc(C(=O)N2C[C@H](N)C[C@@H](F)C2)cc2nc(-c3cc4cccc5c4n3CCN5CCC(C)(C)O)n(Cc3cnn(C)c3)c12. The fraction of sp³-hybridized carbons (Fsp3) is 0.441. The number of rotatable bonds is 8. The monoisotopic (exact) mass is 628 g/mol. The van der Waals surface area contributed by atoms with E-state index in [9.17, 15) is 14.3 Å². The molecule has 0 spiro atoms. The number of para-hydroxylation sites is 1. The van der Waals surface area contributed by atoms with Crippen LogP contribution in [-0.2, 0) is 20.1 Å². The van der Waals surface area contributed by atoms with E-state index >= 15 is 0 Å². The van der Waals surface area contributed by atoms with Gasteiger partial charge in [-0.15, -0.1) is 0 Å². The molecular weight excluding hydrogens is 587 g/mol. The zero-order valence-corrected chi connectivity index (χ0v) is 26.8. The van der Waals surface area contributed by atoms with Crippen LogP contribution in [0, 0.1) is 0 Å². The lowest BCUT2D eigenvalue weighted by molar-refractivity contribution is 0.0606. The van der Waals surface area contributed by atoms with Gasteiger partial charge in [0.2, 0.25) is 0 Å². The first-order valence-electron chi connectivity index (χ1n) is 15.8. The first-order valence-corrected chi connectivity index (χ1v) is 15.8. The Labute approximate surface area is 266 Å². The zero-order chi connectivity index (χ0) is 32.3. The number of anilines is 1. The van der Waals surface area contributed by atoms with E-state index in [-0.39, 0.29) is 18.9 Å². The maximum Gasteiger partial charge on any atom is 0.254 e. The van der Waals surface area contributed by atoms with Crippen molar-refractivity contribution in [3.8, 4) is 17.3 Å². The molecule has 3 N–H and O–H groups in total. The second kappa shape index (κ2) is 11.4. The Morgan fingerprint density at radius 3 is 2.72 bits per heavy atom. The van der Waals surface area contributed by atoms with E-state index < -0.39 is 17.8 Å². The summed E-state index contributed by atoms with van der Waals surface area (Å²) in [6, 6.07) is 11.6. The van der Waals surface area contributed by atoms with Crippen LogP contribution in [0.25, 0.3) is 33.5 Å². The molecule has 2 aliphatic rings. The molecule has 0 saturated carbocycles. The summed E-state index contributed by atoms with van der Waals surface area (Å²) in [5.41, 5.74) is 11.3. The largest absolute Gasteiger partial charge is 0.494 e. The van der Waals surface area contributed by atoms with Gasteiger partial charge in [0, 0.05) is 62.0 Å². The minimum atomic E-state index is -1.15. The molecule has 12 heteroatoms. The molecule has 2 aromatic carbocycles. The normalized spacial score (nSPS) is 18.6. The van der Waals surface area contributed by atoms with Gasteiger partial charge >= 0.3 is 0 Å². The maximum atomic E-state index is 14.4. The van der Waals surface area contributed by atoms with Gasteiger partial charge in [-0.25, -0.2) is 9.37 Å². The lowest BCUT2D eigenvalue weighted by Gasteiger charge is -2.33. The Balaban J connectivity index is 1.37. The van der Waals surface area contributed by atoms with Crippen molar-refractivity contribution in [2.75, 3.05) is 38.2 Å². The molecule has 0 radical (unpaired) electrons. The average molecular weight is 629 g/mol. The topological polar surface area (TPSA) is 120 Å². The van der Waals surface area contributed by atoms with Crippen molar-refractivity contribution in [3.63, 3.8) is 0 Å². The lowest BCUT2D eigenvalue weighted by atomic mass is 10.0. The number of hydrogen-bond donors (Lipinski definition) is 2. The third-order valence-electron chi connectivity index (χ3n) is 9.15. The summed E-state index contributed by atoms with van der Waals surface area (Å²) in [5.74, 6) is 0.966. The van der Waals surface area contributed by atoms with Gasteiger partial charge in [-0.05, 0) is 51.0 Å². The highest BCUT2D eigenvalue weighted by Crippen LogP contribution is 2.40. The predicted octanol–water partition coefficient (Wildman–Crippen LogP) is 3.94. The van der Waals surface area contributed by atoms with Gasteiger partial charge in [0.15, 0.2) is 5.82 Å². The van der Waals surface area contributed by atoms with Crippen molar-refractivity contribution in [2.45, 2.75) is 57.6 Å². The summed E-state index contributed by atoms with van der Waals surface area (Å²) >= 11 is 0. The number of fused-ring (bicyclic) bond motifs is 1. The fourth-order valence-electron chi connectivity index (χ4n) is 6.98. The Morgan fingerprint density at radius 2 is 2.00 bits per heavy atom. The van der Waals surface area contributed by atoms with Crippen LogP contribution in [0.15, 0.2) is 48.8 Å².